The summed E-state index contributed by atoms with van der Waals surface area (Å²) in [5, 5.41) is 5.07. The van der Waals surface area contributed by atoms with E-state index < -0.39 is 0 Å². The Balaban J connectivity index is 1.68. The molecule has 0 aliphatic rings. The van der Waals surface area contributed by atoms with Gasteiger partial charge in [-0.15, -0.1) is 0 Å². The Bertz CT molecular complexity index is 1980. The van der Waals surface area contributed by atoms with E-state index in [1.165, 1.54) is 6.07 Å². The van der Waals surface area contributed by atoms with Crippen molar-refractivity contribution in [2.75, 3.05) is 0 Å². The third-order valence-electron chi connectivity index (χ3n) is 7.19. The predicted octanol–water partition coefficient (Wildman–Crippen LogP) is 8.50. The Labute approximate surface area is 209 Å². The first-order valence-corrected chi connectivity index (χ1v) is 12.0. The topological polar surface area (TPSA) is 17.0 Å². The van der Waals surface area contributed by atoms with Crippen LogP contribution >= 0.6 is 0 Å². The molecule has 0 fully saturated rings. The van der Waals surface area contributed by atoms with Crippen molar-refractivity contribution in [3.8, 4) is 22.4 Å². The van der Waals surface area contributed by atoms with Crippen LogP contribution in [0.15, 0.2) is 108 Å². The van der Waals surface area contributed by atoms with Crippen molar-refractivity contribution in [1.82, 2.24) is 0 Å². The van der Waals surface area contributed by atoms with E-state index in [0.717, 1.165) is 60.3 Å². The van der Waals surface area contributed by atoms with Gasteiger partial charge in [0.05, 0.1) is 12.5 Å². The Hall–Kier alpha value is -4.50. The molecule has 172 valence electrons. The summed E-state index contributed by atoms with van der Waals surface area (Å²) in [5.41, 5.74) is 5.57. The average molecular weight is 470 g/mol. The molecular weight excluding hydrogens is 445 g/mol. The number of aryl methyl sites for hydroxylation is 2. The Morgan fingerprint density at radius 2 is 1.28 bits per heavy atom. The molecule has 0 N–H and O–H groups in total. The van der Waals surface area contributed by atoms with Crippen LogP contribution in [0.4, 0.5) is 4.39 Å². The number of hydrogen-bond donors (Lipinski definition) is 0. The highest BCUT2D eigenvalue weighted by Crippen LogP contribution is 2.45. The lowest BCUT2D eigenvalue weighted by Gasteiger charge is -2.13. The molecule has 0 spiro atoms. The fraction of sp³-hybridized carbons (Fsp3) is 0.0606. The SMILES string of the molecule is [2H]c1c2ccccc2c(-c2c(F)ccc3c2oc2c(-c4cccc[n+]4C)c(C)ccc23)c2ccccc12. The van der Waals surface area contributed by atoms with Crippen molar-refractivity contribution >= 4 is 43.5 Å². The van der Waals surface area contributed by atoms with Crippen LogP contribution in [0.5, 0.6) is 0 Å². The van der Waals surface area contributed by atoms with Gasteiger partial charge in [0.1, 0.15) is 24.0 Å². The summed E-state index contributed by atoms with van der Waals surface area (Å²) in [6, 6.07) is 29.6. The Morgan fingerprint density at radius 3 is 1.97 bits per heavy atom. The largest absolute Gasteiger partial charge is 0.454 e. The Morgan fingerprint density at radius 1 is 0.667 bits per heavy atom. The molecule has 0 bridgehead atoms. The highest BCUT2D eigenvalue weighted by atomic mass is 19.1. The second kappa shape index (κ2) is 7.76. The average Bonchev–Trinajstić information content (AvgIpc) is 3.29. The van der Waals surface area contributed by atoms with E-state index in [9.17, 15) is 0 Å². The van der Waals surface area contributed by atoms with Crippen LogP contribution in [0.25, 0.3) is 65.9 Å². The summed E-state index contributed by atoms with van der Waals surface area (Å²) in [6.45, 7) is 2.07. The molecule has 2 nitrogen and oxygen atoms in total. The van der Waals surface area contributed by atoms with Crippen molar-refractivity contribution in [2.24, 2.45) is 7.05 Å². The van der Waals surface area contributed by atoms with E-state index in [1.54, 1.807) is 0 Å². The van der Waals surface area contributed by atoms with Gasteiger partial charge in [-0.3, -0.25) is 0 Å². The highest BCUT2D eigenvalue weighted by Gasteiger charge is 2.24. The summed E-state index contributed by atoms with van der Waals surface area (Å²) < 4.78 is 33.5. The third-order valence-corrected chi connectivity index (χ3v) is 7.19. The molecule has 0 saturated heterocycles. The third kappa shape index (κ3) is 2.93. The molecule has 0 atom stereocenters. The number of halogens is 1. The van der Waals surface area contributed by atoms with Gasteiger partial charge in [-0.2, -0.15) is 0 Å². The standard InChI is InChI=1S/C33H23FNO/c1-20-14-15-25-26-16-17-27(34)31(33(26)36-32(25)29(20)28-13-7-8-18-35(28)2)30-23-11-5-3-9-21(23)19-22-10-4-6-12-24(22)30/h3-19H,1-2H3/q+1/i19D. The molecule has 36 heavy (non-hydrogen) atoms. The summed E-state index contributed by atoms with van der Waals surface area (Å²) >= 11 is 0. The van der Waals surface area contributed by atoms with Crippen LogP contribution < -0.4 is 4.57 Å². The van der Waals surface area contributed by atoms with Gasteiger partial charge < -0.3 is 4.42 Å². The maximum absolute atomic E-state index is 15.9. The number of fused-ring (bicyclic) bond motifs is 5. The second-order valence-electron chi connectivity index (χ2n) is 9.32. The first kappa shape index (κ1) is 19.8. The van der Waals surface area contributed by atoms with E-state index in [4.69, 9.17) is 5.79 Å². The minimum Gasteiger partial charge on any atom is -0.454 e. The van der Waals surface area contributed by atoms with Crippen molar-refractivity contribution in [3.05, 3.63) is 115 Å². The highest BCUT2D eigenvalue weighted by molar-refractivity contribution is 6.19. The lowest BCUT2D eigenvalue weighted by molar-refractivity contribution is -0.660. The molecule has 0 radical (unpaired) electrons. The normalized spacial score (nSPS) is 12.1. The maximum atomic E-state index is 15.9. The quantitative estimate of drug-likeness (QED) is 0.183. The number of furan rings is 1. The molecule has 7 aromatic rings. The van der Waals surface area contributed by atoms with Gasteiger partial charge in [0.2, 0.25) is 5.69 Å². The molecule has 0 aliphatic carbocycles. The fourth-order valence-corrected chi connectivity index (χ4v) is 5.49. The lowest BCUT2D eigenvalue weighted by Crippen LogP contribution is -2.30. The zero-order chi connectivity index (χ0) is 25.3. The number of aromatic nitrogens is 1. The van der Waals surface area contributed by atoms with Crippen molar-refractivity contribution in [1.29, 1.82) is 0 Å². The predicted molar refractivity (Wildman–Crippen MR) is 145 cm³/mol. The minimum absolute atomic E-state index is 0.344. The lowest BCUT2D eigenvalue weighted by atomic mass is 9.90. The number of hydrogen-bond acceptors (Lipinski definition) is 1. The first-order valence-electron chi connectivity index (χ1n) is 12.5. The molecule has 0 unspecified atom stereocenters. The monoisotopic (exact) mass is 469 g/mol. The summed E-state index contributed by atoms with van der Waals surface area (Å²) in [7, 11) is 2.02. The van der Waals surface area contributed by atoms with Crippen LogP contribution in [-0.2, 0) is 7.05 Å². The zero-order valence-corrected chi connectivity index (χ0v) is 20.0. The number of rotatable bonds is 2. The zero-order valence-electron chi connectivity index (χ0n) is 21.0. The van der Waals surface area contributed by atoms with Gasteiger partial charge in [0.15, 0.2) is 6.20 Å². The van der Waals surface area contributed by atoms with Crippen molar-refractivity contribution in [3.63, 3.8) is 0 Å². The van der Waals surface area contributed by atoms with E-state index in [-0.39, 0.29) is 5.82 Å². The summed E-state index contributed by atoms with van der Waals surface area (Å²) in [6.07, 6.45) is 2.02. The van der Waals surface area contributed by atoms with Gasteiger partial charge in [-0.05, 0) is 58.3 Å². The fourth-order valence-electron chi connectivity index (χ4n) is 5.49. The molecule has 5 aromatic carbocycles. The van der Waals surface area contributed by atoms with Crippen LogP contribution in [0.2, 0.25) is 0 Å². The van der Waals surface area contributed by atoms with E-state index in [1.807, 2.05) is 80.0 Å². The number of nitrogens with zero attached hydrogens (tertiary/aromatic N) is 1. The first-order chi connectivity index (χ1) is 18.0. The van der Waals surface area contributed by atoms with Crippen LogP contribution in [-0.4, -0.2) is 0 Å². The van der Waals surface area contributed by atoms with E-state index in [2.05, 4.69) is 29.7 Å². The van der Waals surface area contributed by atoms with Crippen LogP contribution in [0.1, 0.15) is 6.93 Å². The molecule has 3 heteroatoms. The molecular formula is C33H23FNO+. The maximum Gasteiger partial charge on any atom is 0.216 e. The van der Waals surface area contributed by atoms with E-state index >= 15 is 4.39 Å². The van der Waals surface area contributed by atoms with Crippen molar-refractivity contribution < 1.29 is 14.7 Å². The van der Waals surface area contributed by atoms with Gasteiger partial charge in [-0.1, -0.05) is 60.7 Å². The second-order valence-corrected chi connectivity index (χ2v) is 9.32. The Kier molecular flexibility index (Phi) is 4.26. The van der Waals surface area contributed by atoms with Gasteiger partial charge >= 0.3 is 0 Å². The molecule has 7 rings (SSSR count). The van der Waals surface area contributed by atoms with Crippen molar-refractivity contribution in [2.45, 2.75) is 6.92 Å². The van der Waals surface area contributed by atoms with E-state index in [0.29, 0.717) is 17.2 Å². The molecule has 0 amide bonds. The number of benzene rings is 5. The van der Waals surface area contributed by atoms with Crippen LogP contribution in [0, 0.1) is 12.7 Å². The molecule has 2 aromatic heterocycles. The molecule has 0 saturated carbocycles. The minimum atomic E-state index is -0.344. The molecule has 0 aliphatic heterocycles. The van der Waals surface area contributed by atoms with Gasteiger partial charge in [0.25, 0.3) is 0 Å². The smallest absolute Gasteiger partial charge is 0.216 e. The van der Waals surface area contributed by atoms with Gasteiger partial charge in [-0.25, -0.2) is 8.96 Å². The van der Waals surface area contributed by atoms with Crippen LogP contribution in [0.3, 0.4) is 0 Å². The number of pyridine rings is 1. The summed E-state index contributed by atoms with van der Waals surface area (Å²) in [4.78, 5) is 0. The summed E-state index contributed by atoms with van der Waals surface area (Å²) in [5.74, 6) is -0.344. The van der Waals surface area contributed by atoms with Gasteiger partial charge in [0, 0.05) is 28.5 Å². The molecule has 2 heterocycles.